The second kappa shape index (κ2) is 7.38. The van der Waals surface area contributed by atoms with Gasteiger partial charge in [-0.3, -0.25) is 4.98 Å². The quantitative estimate of drug-likeness (QED) is 0.828. The highest BCUT2D eigenvalue weighted by molar-refractivity contribution is 5.41. The Kier molecular flexibility index (Phi) is 6.15. The molecule has 0 spiro atoms. The van der Waals surface area contributed by atoms with Crippen LogP contribution in [-0.2, 0) is 6.42 Å². The number of pyridine rings is 1. The van der Waals surface area contributed by atoms with Gasteiger partial charge in [0.2, 0.25) is 0 Å². The average Bonchev–Trinajstić information content (AvgIpc) is 2.37. The third-order valence-corrected chi connectivity index (χ3v) is 3.12. The van der Waals surface area contributed by atoms with E-state index in [1.165, 1.54) is 0 Å². The Bertz CT molecular complexity index is 411. The third-order valence-electron chi connectivity index (χ3n) is 3.12. The topological polar surface area (TPSA) is 34.2 Å². The molecular weight excluding hydrogens is 250 g/mol. The van der Waals surface area contributed by atoms with Gasteiger partial charge in [-0.1, -0.05) is 6.92 Å². The summed E-state index contributed by atoms with van der Waals surface area (Å²) in [6.45, 7) is 6.28. The zero-order valence-electron chi connectivity index (χ0n) is 12.0. The Hall–Kier alpha value is -1.23. The van der Waals surface area contributed by atoms with Gasteiger partial charge in [-0.2, -0.15) is 0 Å². The predicted molar refractivity (Wildman–Crippen MR) is 72.1 cm³/mol. The van der Waals surface area contributed by atoms with Gasteiger partial charge in [-0.05, 0) is 26.8 Å². The Morgan fingerprint density at radius 1 is 1.37 bits per heavy atom. The van der Waals surface area contributed by atoms with Crippen LogP contribution < -0.4 is 10.1 Å². The molecule has 108 valence electrons. The first-order valence-electron chi connectivity index (χ1n) is 6.51. The molecule has 1 rings (SSSR count). The molecule has 0 bridgehead atoms. The maximum Gasteiger partial charge on any atom is 0.254 e. The van der Waals surface area contributed by atoms with Gasteiger partial charge in [-0.25, -0.2) is 8.78 Å². The van der Waals surface area contributed by atoms with E-state index in [4.69, 9.17) is 4.74 Å². The van der Waals surface area contributed by atoms with Crippen molar-refractivity contribution in [2.75, 3.05) is 13.7 Å². The number of nitrogens with one attached hydrogen (secondary N) is 1. The fourth-order valence-corrected chi connectivity index (χ4v) is 2.07. The van der Waals surface area contributed by atoms with Crippen molar-refractivity contribution < 1.29 is 13.5 Å². The lowest BCUT2D eigenvalue weighted by Crippen LogP contribution is -2.38. The van der Waals surface area contributed by atoms with Crippen LogP contribution in [0.1, 0.15) is 30.2 Å². The first-order valence-corrected chi connectivity index (χ1v) is 6.51. The summed E-state index contributed by atoms with van der Waals surface area (Å²) in [4.78, 5) is 4.26. The Morgan fingerprint density at radius 3 is 2.58 bits per heavy atom. The zero-order valence-corrected chi connectivity index (χ0v) is 12.0. The normalized spacial score (nSPS) is 12.8. The fourth-order valence-electron chi connectivity index (χ4n) is 2.07. The van der Waals surface area contributed by atoms with Crippen LogP contribution in [0.3, 0.4) is 0 Å². The van der Waals surface area contributed by atoms with E-state index in [2.05, 4.69) is 10.3 Å². The van der Waals surface area contributed by atoms with Crippen molar-refractivity contribution in [3.8, 4) is 5.75 Å². The molecule has 0 saturated carbocycles. The van der Waals surface area contributed by atoms with E-state index in [-0.39, 0.29) is 6.42 Å². The summed E-state index contributed by atoms with van der Waals surface area (Å²) in [6.07, 6.45) is 0.302. The fraction of sp³-hybridized carbons (Fsp3) is 0.643. The van der Waals surface area contributed by atoms with Crippen LogP contribution in [0, 0.1) is 13.8 Å². The highest BCUT2D eigenvalue weighted by atomic mass is 19.3. The van der Waals surface area contributed by atoms with Gasteiger partial charge in [0.15, 0.2) is 0 Å². The summed E-state index contributed by atoms with van der Waals surface area (Å²) < 4.78 is 31.3. The number of hydrogen-bond donors (Lipinski definition) is 1. The Labute approximate surface area is 113 Å². The molecule has 19 heavy (non-hydrogen) atoms. The molecule has 0 aromatic carbocycles. The van der Waals surface area contributed by atoms with E-state index < -0.39 is 12.5 Å². The van der Waals surface area contributed by atoms with Gasteiger partial charge in [0.25, 0.3) is 6.43 Å². The summed E-state index contributed by atoms with van der Waals surface area (Å²) >= 11 is 0. The minimum Gasteiger partial charge on any atom is -0.496 e. The molecule has 0 aliphatic rings. The highest BCUT2D eigenvalue weighted by Crippen LogP contribution is 2.25. The molecule has 0 aliphatic heterocycles. The van der Waals surface area contributed by atoms with Crippen LogP contribution in [-0.4, -0.2) is 31.1 Å². The molecule has 1 atom stereocenters. The largest absolute Gasteiger partial charge is 0.496 e. The van der Waals surface area contributed by atoms with Gasteiger partial charge in [-0.15, -0.1) is 0 Å². The minimum absolute atomic E-state index is 0.208. The molecule has 5 heteroatoms. The van der Waals surface area contributed by atoms with Crippen molar-refractivity contribution in [3.63, 3.8) is 0 Å². The van der Waals surface area contributed by atoms with Crippen molar-refractivity contribution in [2.45, 2.75) is 46.1 Å². The summed E-state index contributed by atoms with van der Waals surface area (Å²) in [5, 5.41) is 2.87. The Balaban J connectivity index is 2.90. The van der Waals surface area contributed by atoms with Crippen LogP contribution in [0.5, 0.6) is 5.75 Å². The number of rotatable bonds is 7. The van der Waals surface area contributed by atoms with E-state index in [0.29, 0.717) is 12.2 Å². The number of alkyl halides is 2. The van der Waals surface area contributed by atoms with E-state index >= 15 is 0 Å². The average molecular weight is 272 g/mol. The maximum absolute atomic E-state index is 13.0. The van der Waals surface area contributed by atoms with Crippen LogP contribution >= 0.6 is 0 Å². The molecular formula is C14H22F2N2O. The second-order valence-electron chi connectivity index (χ2n) is 4.65. The third kappa shape index (κ3) is 4.13. The van der Waals surface area contributed by atoms with Crippen LogP contribution in [0.25, 0.3) is 0 Å². The molecule has 0 amide bonds. The lowest BCUT2D eigenvalue weighted by molar-refractivity contribution is 0.0977. The smallest absolute Gasteiger partial charge is 0.254 e. The van der Waals surface area contributed by atoms with Crippen molar-refractivity contribution in [3.05, 3.63) is 23.0 Å². The first kappa shape index (κ1) is 15.8. The monoisotopic (exact) mass is 272 g/mol. The number of nitrogens with zero attached hydrogens (tertiary/aromatic N) is 1. The summed E-state index contributed by atoms with van der Waals surface area (Å²) in [5.74, 6) is 0.730. The molecule has 1 unspecified atom stereocenters. The summed E-state index contributed by atoms with van der Waals surface area (Å²) in [5.41, 5.74) is 2.42. The van der Waals surface area contributed by atoms with E-state index in [1.807, 2.05) is 20.8 Å². The van der Waals surface area contributed by atoms with Crippen molar-refractivity contribution >= 4 is 0 Å². The summed E-state index contributed by atoms with van der Waals surface area (Å²) in [7, 11) is 1.58. The summed E-state index contributed by atoms with van der Waals surface area (Å²) in [6, 6.07) is -0.862. The number of hydrogen-bond acceptors (Lipinski definition) is 3. The van der Waals surface area contributed by atoms with Gasteiger partial charge in [0, 0.05) is 29.4 Å². The molecule has 1 aromatic heterocycles. The van der Waals surface area contributed by atoms with E-state index in [9.17, 15) is 8.78 Å². The number of aromatic nitrogens is 1. The molecule has 1 aromatic rings. The maximum atomic E-state index is 13.0. The van der Waals surface area contributed by atoms with Crippen LogP contribution in [0.2, 0.25) is 0 Å². The minimum atomic E-state index is -2.40. The standard InChI is InChI=1S/C14H22F2N2O/c1-5-6-17-12(14(15)16)7-11-10(3)13(19-4)9(2)8-18-11/h8,12,14,17H,5-7H2,1-4H3. The highest BCUT2D eigenvalue weighted by Gasteiger charge is 2.22. The molecule has 0 radical (unpaired) electrons. The van der Waals surface area contributed by atoms with Gasteiger partial charge in [0.1, 0.15) is 5.75 Å². The van der Waals surface area contributed by atoms with Crippen LogP contribution in [0.4, 0.5) is 8.78 Å². The molecule has 0 saturated heterocycles. The molecule has 3 nitrogen and oxygen atoms in total. The number of ether oxygens (including phenoxy) is 1. The van der Waals surface area contributed by atoms with E-state index in [1.54, 1.807) is 13.3 Å². The SMILES string of the molecule is CCCNC(Cc1ncc(C)c(OC)c1C)C(F)F. The van der Waals surface area contributed by atoms with Crippen molar-refractivity contribution in [2.24, 2.45) is 0 Å². The number of methoxy groups -OCH3 is 1. The van der Waals surface area contributed by atoms with Gasteiger partial charge in [0.05, 0.1) is 13.2 Å². The first-order chi connectivity index (χ1) is 9.01. The molecule has 0 fully saturated rings. The molecule has 1 heterocycles. The van der Waals surface area contributed by atoms with Crippen molar-refractivity contribution in [1.82, 2.24) is 10.3 Å². The van der Waals surface area contributed by atoms with Crippen LogP contribution in [0.15, 0.2) is 6.20 Å². The van der Waals surface area contributed by atoms with Gasteiger partial charge < -0.3 is 10.1 Å². The predicted octanol–water partition coefficient (Wildman–Crippen LogP) is 2.88. The lowest BCUT2D eigenvalue weighted by atomic mass is 10.0. The van der Waals surface area contributed by atoms with E-state index in [0.717, 1.165) is 23.3 Å². The van der Waals surface area contributed by atoms with Gasteiger partial charge >= 0.3 is 0 Å². The lowest BCUT2D eigenvalue weighted by Gasteiger charge is -2.19. The molecule has 0 aliphatic carbocycles. The Morgan fingerprint density at radius 2 is 2.05 bits per heavy atom. The molecule has 1 N–H and O–H groups in total. The van der Waals surface area contributed by atoms with Crippen molar-refractivity contribution in [1.29, 1.82) is 0 Å². The number of halogens is 2. The number of aryl methyl sites for hydroxylation is 1. The second-order valence-corrected chi connectivity index (χ2v) is 4.65. The zero-order chi connectivity index (χ0) is 14.4.